The minimum atomic E-state index is -0.976. The first-order valence-electron chi connectivity index (χ1n) is 12.1. The van der Waals surface area contributed by atoms with Crippen molar-refractivity contribution >= 4 is 29.1 Å². The van der Waals surface area contributed by atoms with Crippen molar-refractivity contribution in [3.8, 4) is 5.75 Å². The predicted molar refractivity (Wildman–Crippen MR) is 137 cm³/mol. The van der Waals surface area contributed by atoms with E-state index in [0.717, 1.165) is 5.69 Å². The fourth-order valence-electron chi connectivity index (χ4n) is 4.85. The van der Waals surface area contributed by atoms with E-state index in [1.807, 2.05) is 35.7 Å². The summed E-state index contributed by atoms with van der Waals surface area (Å²) in [5.41, 5.74) is 0.180. The van der Waals surface area contributed by atoms with Crippen LogP contribution in [-0.2, 0) is 16.1 Å². The van der Waals surface area contributed by atoms with Gasteiger partial charge in [-0.2, -0.15) is 0 Å². The highest BCUT2D eigenvalue weighted by atomic mass is 32.1. The first-order valence-corrected chi connectivity index (χ1v) is 13.0. The van der Waals surface area contributed by atoms with Crippen LogP contribution in [0.4, 0.5) is 0 Å². The van der Waals surface area contributed by atoms with Gasteiger partial charge in [0.1, 0.15) is 17.5 Å². The summed E-state index contributed by atoms with van der Waals surface area (Å²) in [6.07, 6.45) is 2.49. The van der Waals surface area contributed by atoms with Crippen molar-refractivity contribution in [2.24, 2.45) is 0 Å². The maximum absolute atomic E-state index is 13.8. The Bertz CT molecular complexity index is 1240. The van der Waals surface area contributed by atoms with Crippen LogP contribution in [-0.4, -0.2) is 71.1 Å². The van der Waals surface area contributed by atoms with Crippen LogP contribution in [0.2, 0.25) is 0 Å². The molecule has 37 heavy (non-hydrogen) atoms. The number of nitrogens with zero attached hydrogens (tertiary/aromatic N) is 3. The van der Waals surface area contributed by atoms with E-state index in [-0.39, 0.29) is 30.9 Å². The number of nitrogens with one attached hydrogen (secondary N) is 1. The third-order valence-corrected chi connectivity index (χ3v) is 7.71. The number of likely N-dealkylation sites (tertiary alicyclic amines) is 1. The van der Waals surface area contributed by atoms with Gasteiger partial charge in [-0.1, -0.05) is 12.1 Å². The Kier molecular flexibility index (Phi) is 7.20. The highest BCUT2D eigenvalue weighted by molar-refractivity contribution is 7.12. The summed E-state index contributed by atoms with van der Waals surface area (Å²) in [5, 5.41) is 4.78. The Hall–Kier alpha value is -3.76. The summed E-state index contributed by atoms with van der Waals surface area (Å²) in [6.45, 7) is 1.17. The van der Waals surface area contributed by atoms with Gasteiger partial charge in [0.25, 0.3) is 11.8 Å². The Morgan fingerprint density at radius 3 is 2.51 bits per heavy atom. The lowest BCUT2D eigenvalue weighted by Crippen LogP contribution is -2.59. The summed E-state index contributed by atoms with van der Waals surface area (Å²) >= 11 is 1.41. The van der Waals surface area contributed by atoms with Crippen molar-refractivity contribution in [2.75, 3.05) is 26.8 Å². The van der Waals surface area contributed by atoms with E-state index in [2.05, 4.69) is 10.3 Å². The lowest BCUT2D eigenvalue weighted by molar-refractivity contribution is -0.128. The molecule has 1 unspecified atom stereocenters. The second-order valence-corrected chi connectivity index (χ2v) is 9.93. The van der Waals surface area contributed by atoms with E-state index in [1.165, 1.54) is 11.3 Å². The number of thiophene rings is 1. The maximum atomic E-state index is 13.8. The number of piperidine rings is 1. The second-order valence-electron chi connectivity index (χ2n) is 8.99. The van der Waals surface area contributed by atoms with E-state index >= 15 is 0 Å². The standard InChI is InChI=1S/C27H28N4O5S/c1-35-21-9-7-19(8-10-21)25(33)31-22(24(32)29-17-20-5-2-3-13-28-20)18-36-27(31)11-14-30(15-12-27)26(34)23-6-4-16-37-23/h2-10,13,16,22H,11-12,14-15,17-18H2,1H3,(H,29,32). The van der Waals surface area contributed by atoms with Crippen molar-refractivity contribution in [3.05, 3.63) is 82.3 Å². The van der Waals surface area contributed by atoms with Crippen LogP contribution in [0.25, 0.3) is 0 Å². The summed E-state index contributed by atoms with van der Waals surface area (Å²) in [7, 11) is 1.56. The summed E-state index contributed by atoms with van der Waals surface area (Å²) in [4.78, 5) is 48.3. The third-order valence-electron chi connectivity index (χ3n) is 6.85. The molecule has 2 aliphatic rings. The van der Waals surface area contributed by atoms with Crippen molar-refractivity contribution in [1.82, 2.24) is 20.1 Å². The molecule has 2 aromatic heterocycles. The minimum Gasteiger partial charge on any atom is -0.497 e. The molecule has 2 aliphatic heterocycles. The molecule has 0 radical (unpaired) electrons. The van der Waals surface area contributed by atoms with Crippen LogP contribution in [0.15, 0.2) is 66.2 Å². The number of hydrogen-bond donors (Lipinski definition) is 1. The van der Waals surface area contributed by atoms with Crippen LogP contribution in [0.1, 0.15) is 38.6 Å². The average Bonchev–Trinajstić information content (AvgIpc) is 3.61. The predicted octanol–water partition coefficient (Wildman–Crippen LogP) is 2.94. The SMILES string of the molecule is COc1ccc(C(=O)N2C(C(=O)NCc3ccccn3)COC23CCN(C(=O)c2cccs2)CC3)cc1. The molecule has 0 bridgehead atoms. The Morgan fingerprint density at radius 2 is 1.86 bits per heavy atom. The fourth-order valence-corrected chi connectivity index (χ4v) is 5.54. The van der Waals surface area contributed by atoms with Crippen molar-refractivity contribution in [3.63, 3.8) is 0 Å². The zero-order chi connectivity index (χ0) is 25.8. The lowest BCUT2D eigenvalue weighted by Gasteiger charge is -2.44. The van der Waals surface area contributed by atoms with E-state index in [1.54, 1.807) is 47.4 Å². The summed E-state index contributed by atoms with van der Waals surface area (Å²) in [6, 6.07) is 15.2. The molecule has 2 fully saturated rings. The quantitative estimate of drug-likeness (QED) is 0.537. The highest BCUT2D eigenvalue weighted by Crippen LogP contribution is 2.39. The largest absolute Gasteiger partial charge is 0.497 e. The van der Waals surface area contributed by atoms with Crippen LogP contribution < -0.4 is 10.1 Å². The van der Waals surface area contributed by atoms with E-state index < -0.39 is 11.8 Å². The molecule has 3 aromatic rings. The van der Waals surface area contributed by atoms with Crippen molar-refractivity contribution in [2.45, 2.75) is 31.2 Å². The van der Waals surface area contributed by atoms with Gasteiger partial charge in [0.15, 0.2) is 0 Å². The number of carbonyl (C=O) groups excluding carboxylic acids is 3. The molecule has 9 nitrogen and oxygen atoms in total. The van der Waals surface area contributed by atoms with Gasteiger partial charge in [-0.05, 0) is 47.8 Å². The summed E-state index contributed by atoms with van der Waals surface area (Å²) in [5.74, 6) is 0.00664. The monoisotopic (exact) mass is 520 g/mol. The molecular weight excluding hydrogens is 492 g/mol. The molecular formula is C27H28N4O5S. The number of pyridine rings is 1. The van der Waals surface area contributed by atoms with E-state index in [9.17, 15) is 14.4 Å². The number of amides is 3. The maximum Gasteiger partial charge on any atom is 0.263 e. The van der Waals surface area contributed by atoms with Gasteiger partial charge in [-0.15, -0.1) is 11.3 Å². The van der Waals surface area contributed by atoms with Crippen LogP contribution in [0.3, 0.4) is 0 Å². The first-order chi connectivity index (χ1) is 18.0. The molecule has 1 aromatic carbocycles. The topological polar surface area (TPSA) is 101 Å². The average molecular weight is 521 g/mol. The smallest absolute Gasteiger partial charge is 0.263 e. The number of benzene rings is 1. The Labute approximate surface area is 219 Å². The van der Waals surface area contributed by atoms with Gasteiger partial charge < -0.3 is 19.7 Å². The molecule has 0 aliphatic carbocycles. The Morgan fingerprint density at radius 1 is 1.08 bits per heavy atom. The van der Waals surface area contributed by atoms with Crippen LogP contribution in [0.5, 0.6) is 5.75 Å². The fraction of sp³-hybridized carbons (Fsp3) is 0.333. The van der Waals surface area contributed by atoms with Gasteiger partial charge in [0.05, 0.1) is 30.8 Å². The Balaban J connectivity index is 1.37. The van der Waals surface area contributed by atoms with Gasteiger partial charge in [-0.3, -0.25) is 24.3 Å². The number of methoxy groups -OCH3 is 1. The van der Waals surface area contributed by atoms with Crippen LogP contribution >= 0.6 is 11.3 Å². The number of carbonyl (C=O) groups is 3. The van der Waals surface area contributed by atoms with Gasteiger partial charge in [0, 0.05) is 37.7 Å². The van der Waals surface area contributed by atoms with Gasteiger partial charge in [-0.25, -0.2) is 0 Å². The molecule has 3 amide bonds. The van der Waals surface area contributed by atoms with Gasteiger partial charge in [0.2, 0.25) is 5.91 Å². The molecule has 192 valence electrons. The second kappa shape index (κ2) is 10.7. The molecule has 4 heterocycles. The first kappa shape index (κ1) is 24.9. The number of hydrogen-bond acceptors (Lipinski definition) is 7. The normalized spacial score (nSPS) is 18.6. The molecule has 5 rings (SSSR count). The molecule has 1 N–H and O–H groups in total. The minimum absolute atomic E-state index is 0.0273. The highest BCUT2D eigenvalue weighted by Gasteiger charge is 2.54. The van der Waals surface area contributed by atoms with Crippen molar-refractivity contribution < 1.29 is 23.9 Å². The number of ether oxygens (including phenoxy) is 2. The zero-order valence-electron chi connectivity index (χ0n) is 20.5. The van der Waals surface area contributed by atoms with Gasteiger partial charge >= 0.3 is 0 Å². The summed E-state index contributed by atoms with van der Waals surface area (Å²) < 4.78 is 11.5. The lowest BCUT2D eigenvalue weighted by atomic mass is 9.96. The molecule has 1 atom stereocenters. The van der Waals surface area contributed by atoms with E-state index in [0.29, 0.717) is 42.1 Å². The van der Waals surface area contributed by atoms with Crippen LogP contribution in [0, 0.1) is 0 Å². The van der Waals surface area contributed by atoms with E-state index in [4.69, 9.17) is 9.47 Å². The molecule has 2 saturated heterocycles. The number of aromatic nitrogens is 1. The number of rotatable bonds is 6. The molecule has 10 heteroatoms. The zero-order valence-corrected chi connectivity index (χ0v) is 21.3. The molecule has 1 spiro atoms. The van der Waals surface area contributed by atoms with Crippen molar-refractivity contribution in [1.29, 1.82) is 0 Å². The third kappa shape index (κ3) is 5.07. The molecule has 0 saturated carbocycles.